The van der Waals surface area contributed by atoms with Crippen LogP contribution >= 0.6 is 11.6 Å². The van der Waals surface area contributed by atoms with Crippen molar-refractivity contribution in [3.05, 3.63) is 70.0 Å². The van der Waals surface area contributed by atoms with E-state index in [4.69, 9.17) is 11.6 Å². The quantitative estimate of drug-likeness (QED) is 0.890. The summed E-state index contributed by atoms with van der Waals surface area (Å²) in [6.07, 6.45) is 0.185. The minimum Gasteiger partial charge on any atom is -0.385 e. The van der Waals surface area contributed by atoms with Gasteiger partial charge in [0.25, 0.3) is 0 Å². The highest BCUT2D eigenvalue weighted by Crippen LogP contribution is 2.30. The highest BCUT2D eigenvalue weighted by atomic mass is 35.5. The van der Waals surface area contributed by atoms with Gasteiger partial charge in [-0.1, -0.05) is 48.0 Å². The molecule has 100 valence electrons. The maximum atomic E-state index is 13.9. The Bertz CT molecular complexity index is 593. The number of aryl methyl sites for hydroxylation is 1. The molecule has 0 bridgehead atoms. The van der Waals surface area contributed by atoms with Crippen molar-refractivity contribution in [1.29, 1.82) is 0 Å². The predicted molar refractivity (Wildman–Crippen MR) is 75.9 cm³/mol. The van der Waals surface area contributed by atoms with Gasteiger partial charge in [-0.05, 0) is 36.6 Å². The number of aliphatic hydroxyl groups is 1. The van der Waals surface area contributed by atoms with Crippen LogP contribution in [0.15, 0.2) is 42.5 Å². The van der Waals surface area contributed by atoms with Crippen molar-refractivity contribution < 1.29 is 9.50 Å². The van der Waals surface area contributed by atoms with E-state index in [1.807, 2.05) is 31.2 Å². The van der Waals surface area contributed by atoms with Crippen LogP contribution in [-0.2, 0) is 12.0 Å². The van der Waals surface area contributed by atoms with E-state index < -0.39 is 11.4 Å². The zero-order valence-electron chi connectivity index (χ0n) is 11.0. The monoisotopic (exact) mass is 278 g/mol. The minimum atomic E-state index is -1.13. The Morgan fingerprint density at radius 2 is 1.84 bits per heavy atom. The fourth-order valence-electron chi connectivity index (χ4n) is 2.33. The summed E-state index contributed by atoms with van der Waals surface area (Å²) in [6, 6.07) is 12.4. The Balaban J connectivity index is 2.36. The van der Waals surface area contributed by atoms with Crippen LogP contribution in [0.3, 0.4) is 0 Å². The summed E-state index contributed by atoms with van der Waals surface area (Å²) in [7, 11) is 0. The van der Waals surface area contributed by atoms with E-state index in [0.717, 1.165) is 11.1 Å². The first kappa shape index (κ1) is 14.0. The van der Waals surface area contributed by atoms with E-state index in [1.165, 1.54) is 6.07 Å². The number of halogens is 2. The van der Waals surface area contributed by atoms with Crippen molar-refractivity contribution >= 4 is 11.6 Å². The number of benzene rings is 2. The summed E-state index contributed by atoms with van der Waals surface area (Å²) in [6.45, 7) is 3.62. The molecule has 0 fully saturated rings. The Labute approximate surface area is 117 Å². The van der Waals surface area contributed by atoms with E-state index in [-0.39, 0.29) is 11.4 Å². The van der Waals surface area contributed by atoms with Gasteiger partial charge in [0, 0.05) is 6.42 Å². The molecule has 0 radical (unpaired) electrons. The molecule has 2 aromatic rings. The summed E-state index contributed by atoms with van der Waals surface area (Å²) in [5, 5.41) is 10.7. The normalized spacial score (nSPS) is 14.2. The summed E-state index contributed by atoms with van der Waals surface area (Å²) in [5.41, 5.74) is 1.07. The molecular weight excluding hydrogens is 263 g/mol. The van der Waals surface area contributed by atoms with Crippen LogP contribution in [0.2, 0.25) is 5.02 Å². The molecule has 0 aliphatic heterocycles. The lowest BCUT2D eigenvalue weighted by Crippen LogP contribution is -2.25. The third-order valence-electron chi connectivity index (χ3n) is 3.29. The van der Waals surface area contributed by atoms with Crippen molar-refractivity contribution in [2.24, 2.45) is 0 Å². The maximum Gasteiger partial charge on any atom is 0.145 e. The van der Waals surface area contributed by atoms with Gasteiger partial charge in [-0.25, -0.2) is 4.39 Å². The van der Waals surface area contributed by atoms with Crippen LogP contribution in [0.5, 0.6) is 0 Å². The summed E-state index contributed by atoms with van der Waals surface area (Å²) in [5.74, 6) is -0.460. The predicted octanol–water partition coefficient (Wildman–Crippen LogP) is 4.24. The molecule has 1 N–H and O–H groups in total. The van der Waals surface area contributed by atoms with Crippen LogP contribution in [-0.4, -0.2) is 5.11 Å². The highest BCUT2D eigenvalue weighted by Gasteiger charge is 2.26. The van der Waals surface area contributed by atoms with Crippen molar-refractivity contribution in [2.45, 2.75) is 25.9 Å². The van der Waals surface area contributed by atoms with E-state index in [1.54, 1.807) is 19.1 Å². The summed E-state index contributed by atoms with van der Waals surface area (Å²) >= 11 is 5.76. The molecule has 0 aliphatic rings. The van der Waals surface area contributed by atoms with Gasteiger partial charge >= 0.3 is 0 Å². The van der Waals surface area contributed by atoms with Crippen molar-refractivity contribution in [2.75, 3.05) is 0 Å². The molecule has 0 spiro atoms. The van der Waals surface area contributed by atoms with Gasteiger partial charge < -0.3 is 5.11 Å². The lowest BCUT2D eigenvalue weighted by atomic mass is 9.86. The second-order valence-electron chi connectivity index (χ2n) is 4.98. The van der Waals surface area contributed by atoms with Gasteiger partial charge in [-0.15, -0.1) is 0 Å². The highest BCUT2D eigenvalue weighted by molar-refractivity contribution is 6.30. The minimum absolute atomic E-state index is 0.0816. The Morgan fingerprint density at radius 3 is 2.53 bits per heavy atom. The Hall–Kier alpha value is -1.38. The average Bonchev–Trinajstić information content (AvgIpc) is 2.35. The molecule has 0 saturated carbocycles. The maximum absolute atomic E-state index is 13.9. The van der Waals surface area contributed by atoms with Crippen molar-refractivity contribution in [1.82, 2.24) is 0 Å². The molecule has 2 rings (SSSR count). The summed E-state index contributed by atoms with van der Waals surface area (Å²) < 4.78 is 13.9. The first-order valence-corrected chi connectivity index (χ1v) is 6.51. The molecule has 19 heavy (non-hydrogen) atoms. The SMILES string of the molecule is Cc1ccccc1C(C)(O)Cc1cccc(Cl)c1F. The topological polar surface area (TPSA) is 20.2 Å². The first-order valence-electron chi connectivity index (χ1n) is 6.13. The van der Waals surface area contributed by atoms with Crippen molar-refractivity contribution in [3.8, 4) is 0 Å². The van der Waals surface area contributed by atoms with Gasteiger partial charge in [-0.2, -0.15) is 0 Å². The van der Waals surface area contributed by atoms with Crippen LogP contribution in [0.1, 0.15) is 23.6 Å². The molecule has 1 unspecified atom stereocenters. The third kappa shape index (κ3) is 2.96. The molecule has 0 aromatic heterocycles. The molecule has 2 aromatic carbocycles. The lowest BCUT2D eigenvalue weighted by molar-refractivity contribution is 0.0560. The van der Waals surface area contributed by atoms with Crippen molar-refractivity contribution in [3.63, 3.8) is 0 Å². The fraction of sp³-hybridized carbons (Fsp3) is 0.250. The van der Waals surface area contributed by atoms with Crippen LogP contribution in [0.25, 0.3) is 0 Å². The Kier molecular flexibility index (Phi) is 3.93. The molecule has 0 saturated heterocycles. The molecular formula is C16H16ClFO. The van der Waals surface area contributed by atoms with Crippen LogP contribution < -0.4 is 0 Å². The summed E-state index contributed by atoms with van der Waals surface area (Å²) in [4.78, 5) is 0. The number of rotatable bonds is 3. The van der Waals surface area contributed by atoms with Gasteiger partial charge in [0.05, 0.1) is 10.6 Å². The molecule has 1 nitrogen and oxygen atoms in total. The zero-order valence-corrected chi connectivity index (χ0v) is 11.7. The lowest BCUT2D eigenvalue weighted by Gasteiger charge is -2.26. The molecule has 3 heteroatoms. The Morgan fingerprint density at radius 1 is 1.16 bits per heavy atom. The van der Waals surface area contributed by atoms with E-state index in [0.29, 0.717) is 5.56 Å². The number of hydrogen-bond acceptors (Lipinski definition) is 1. The number of hydrogen-bond donors (Lipinski definition) is 1. The second-order valence-corrected chi connectivity index (χ2v) is 5.39. The molecule has 0 amide bonds. The van der Waals surface area contributed by atoms with Crippen LogP contribution in [0, 0.1) is 12.7 Å². The molecule has 1 atom stereocenters. The third-order valence-corrected chi connectivity index (χ3v) is 3.58. The standard InChI is InChI=1S/C16H16ClFO/c1-11-6-3-4-8-13(11)16(2,19)10-12-7-5-9-14(17)15(12)18/h3-9,19H,10H2,1-2H3. The van der Waals surface area contributed by atoms with E-state index in [9.17, 15) is 9.50 Å². The largest absolute Gasteiger partial charge is 0.385 e. The average molecular weight is 279 g/mol. The molecule has 0 heterocycles. The molecule has 0 aliphatic carbocycles. The van der Waals surface area contributed by atoms with Gasteiger partial charge in [0.2, 0.25) is 0 Å². The van der Waals surface area contributed by atoms with Gasteiger partial charge in [-0.3, -0.25) is 0 Å². The first-order chi connectivity index (χ1) is 8.92. The van der Waals surface area contributed by atoms with E-state index >= 15 is 0 Å². The van der Waals surface area contributed by atoms with Crippen LogP contribution in [0.4, 0.5) is 4.39 Å². The van der Waals surface area contributed by atoms with Gasteiger partial charge in [0.15, 0.2) is 0 Å². The zero-order chi connectivity index (χ0) is 14.0. The van der Waals surface area contributed by atoms with E-state index in [2.05, 4.69) is 0 Å². The smallest absolute Gasteiger partial charge is 0.145 e. The fourth-order valence-corrected chi connectivity index (χ4v) is 2.52. The van der Waals surface area contributed by atoms with Gasteiger partial charge in [0.1, 0.15) is 5.82 Å². The second kappa shape index (κ2) is 5.32.